The summed E-state index contributed by atoms with van der Waals surface area (Å²) in [7, 11) is 1.83. The van der Waals surface area contributed by atoms with E-state index in [1.54, 1.807) is 4.57 Å². The second kappa shape index (κ2) is 2.24. The number of hydrogen-bond donors (Lipinski definition) is 0. The Morgan fingerprint density at radius 2 is 2.00 bits per heavy atom. The Morgan fingerprint density at radius 3 is 2.11 bits per heavy atom. The van der Waals surface area contributed by atoms with E-state index >= 15 is 0 Å². The van der Waals surface area contributed by atoms with E-state index in [0.29, 0.717) is 10.3 Å². The molecule has 1 aromatic rings. The van der Waals surface area contributed by atoms with Crippen LogP contribution in [0.2, 0.25) is 10.3 Å². The highest BCUT2D eigenvalue weighted by molar-refractivity contribution is 6.34. The van der Waals surface area contributed by atoms with Crippen molar-refractivity contribution in [3.8, 4) is 0 Å². The number of aromatic nitrogens is 1. The van der Waals surface area contributed by atoms with Gasteiger partial charge in [0.2, 0.25) is 0 Å². The third-order valence-electron chi connectivity index (χ3n) is 1.28. The Morgan fingerprint density at radius 1 is 1.44 bits per heavy atom. The molecule has 0 aliphatic carbocycles. The number of hydrogen-bond acceptors (Lipinski definition) is 0. The maximum atomic E-state index is 5.78. The zero-order valence-corrected chi connectivity index (χ0v) is 6.79. The molecule has 0 spiro atoms. The number of rotatable bonds is 0. The summed E-state index contributed by atoms with van der Waals surface area (Å²) in [6, 6.07) is 1.84. The highest BCUT2D eigenvalue weighted by Crippen LogP contribution is 2.21. The van der Waals surface area contributed by atoms with Crippen LogP contribution < -0.4 is 0 Å². The highest BCUT2D eigenvalue weighted by Gasteiger charge is 2.02. The molecule has 1 rings (SSSR count). The van der Waals surface area contributed by atoms with Crippen LogP contribution in [0.3, 0.4) is 0 Å². The van der Waals surface area contributed by atoms with Crippen LogP contribution in [0.4, 0.5) is 0 Å². The van der Waals surface area contributed by atoms with Crippen molar-refractivity contribution in [1.29, 1.82) is 0 Å². The topological polar surface area (TPSA) is 4.93 Å². The molecule has 1 aromatic heterocycles. The van der Waals surface area contributed by atoms with E-state index in [9.17, 15) is 0 Å². The summed E-state index contributed by atoms with van der Waals surface area (Å²) in [5.41, 5.74) is 1.02. The lowest BCUT2D eigenvalue weighted by atomic mass is 10.4. The van der Waals surface area contributed by atoms with Gasteiger partial charge in [-0.05, 0) is 18.6 Å². The van der Waals surface area contributed by atoms with E-state index in [1.165, 1.54) is 0 Å². The predicted molar refractivity (Wildman–Crippen MR) is 40.2 cm³/mol. The van der Waals surface area contributed by atoms with Crippen LogP contribution in [0.15, 0.2) is 6.07 Å². The van der Waals surface area contributed by atoms with E-state index in [2.05, 4.69) is 0 Å². The normalized spacial score (nSPS) is 10.2. The molecule has 0 atom stereocenters. The molecule has 0 N–H and O–H groups in total. The first-order valence-electron chi connectivity index (χ1n) is 2.60. The highest BCUT2D eigenvalue weighted by atomic mass is 35.5. The van der Waals surface area contributed by atoms with Crippen molar-refractivity contribution in [3.05, 3.63) is 21.9 Å². The van der Waals surface area contributed by atoms with Gasteiger partial charge in [0.15, 0.2) is 0 Å². The first-order valence-corrected chi connectivity index (χ1v) is 3.36. The van der Waals surface area contributed by atoms with Gasteiger partial charge >= 0.3 is 0 Å². The number of nitrogens with zero attached hydrogens (tertiary/aromatic N) is 1. The van der Waals surface area contributed by atoms with E-state index in [-0.39, 0.29) is 0 Å². The standard InChI is InChI=1S/C6H7Cl2N/c1-4-3-5(7)9(2)6(4)8/h3H,1-2H3. The van der Waals surface area contributed by atoms with Crippen molar-refractivity contribution in [2.75, 3.05) is 0 Å². The molecule has 1 heterocycles. The van der Waals surface area contributed by atoms with Gasteiger partial charge in [0.1, 0.15) is 10.3 Å². The Labute approximate surface area is 64.2 Å². The fourth-order valence-electron chi connectivity index (χ4n) is 0.693. The van der Waals surface area contributed by atoms with Crippen molar-refractivity contribution in [2.24, 2.45) is 7.05 Å². The van der Waals surface area contributed by atoms with Crippen molar-refractivity contribution < 1.29 is 0 Å². The monoisotopic (exact) mass is 163 g/mol. The average Bonchev–Trinajstić information content (AvgIpc) is 1.98. The lowest BCUT2D eigenvalue weighted by Gasteiger charge is -1.93. The third-order valence-corrected chi connectivity index (χ3v) is 2.19. The first-order chi connectivity index (χ1) is 4.13. The first kappa shape index (κ1) is 6.97. The zero-order chi connectivity index (χ0) is 7.02. The molecular weight excluding hydrogens is 157 g/mol. The van der Waals surface area contributed by atoms with Gasteiger partial charge in [-0.3, -0.25) is 0 Å². The summed E-state index contributed by atoms with van der Waals surface area (Å²) in [6.45, 7) is 1.92. The lowest BCUT2D eigenvalue weighted by Crippen LogP contribution is -1.85. The smallest absolute Gasteiger partial charge is 0.112 e. The molecule has 9 heavy (non-hydrogen) atoms. The number of halogens is 2. The zero-order valence-electron chi connectivity index (χ0n) is 5.28. The SMILES string of the molecule is Cc1cc(Cl)n(C)c1Cl. The van der Waals surface area contributed by atoms with Crippen molar-refractivity contribution in [1.82, 2.24) is 4.57 Å². The predicted octanol–water partition coefficient (Wildman–Crippen LogP) is 2.64. The molecule has 0 saturated heterocycles. The van der Waals surface area contributed by atoms with Crippen LogP contribution in [-0.2, 0) is 7.05 Å². The molecule has 3 heteroatoms. The Hall–Kier alpha value is -0.140. The molecule has 50 valence electrons. The summed E-state index contributed by atoms with van der Waals surface area (Å²) in [5, 5.41) is 1.39. The molecule has 0 saturated carbocycles. The molecule has 1 nitrogen and oxygen atoms in total. The molecule has 0 aromatic carbocycles. The fraction of sp³-hybridized carbons (Fsp3) is 0.333. The fourth-order valence-corrected chi connectivity index (χ4v) is 1.13. The molecule has 0 aliphatic heterocycles. The molecule has 0 radical (unpaired) electrons. The minimum absolute atomic E-state index is 0.678. The molecular formula is C6H7Cl2N. The minimum atomic E-state index is 0.678. The Bertz CT molecular complexity index is 205. The van der Waals surface area contributed by atoms with Crippen LogP contribution in [-0.4, -0.2) is 4.57 Å². The van der Waals surface area contributed by atoms with Gasteiger partial charge in [-0.2, -0.15) is 0 Å². The van der Waals surface area contributed by atoms with Gasteiger partial charge in [-0.15, -0.1) is 0 Å². The van der Waals surface area contributed by atoms with Crippen molar-refractivity contribution in [3.63, 3.8) is 0 Å². The third kappa shape index (κ3) is 1.07. The van der Waals surface area contributed by atoms with E-state index in [1.807, 2.05) is 20.0 Å². The van der Waals surface area contributed by atoms with Crippen molar-refractivity contribution >= 4 is 23.2 Å². The van der Waals surface area contributed by atoms with Gasteiger partial charge in [0, 0.05) is 7.05 Å². The summed E-state index contributed by atoms with van der Waals surface area (Å²) >= 11 is 11.5. The lowest BCUT2D eigenvalue weighted by molar-refractivity contribution is 0.926. The van der Waals surface area contributed by atoms with Crippen LogP contribution in [0, 0.1) is 6.92 Å². The quantitative estimate of drug-likeness (QED) is 0.555. The average molecular weight is 164 g/mol. The summed E-state index contributed by atoms with van der Waals surface area (Å²) in [6.07, 6.45) is 0. The second-order valence-electron chi connectivity index (χ2n) is 2.00. The van der Waals surface area contributed by atoms with E-state index < -0.39 is 0 Å². The van der Waals surface area contributed by atoms with Gasteiger partial charge < -0.3 is 4.57 Å². The Balaban J connectivity index is 3.29. The van der Waals surface area contributed by atoms with Gasteiger partial charge in [0.25, 0.3) is 0 Å². The van der Waals surface area contributed by atoms with Crippen LogP contribution in [0.5, 0.6) is 0 Å². The maximum Gasteiger partial charge on any atom is 0.112 e. The molecule has 0 bridgehead atoms. The molecule has 0 aliphatic rings. The van der Waals surface area contributed by atoms with Gasteiger partial charge in [0.05, 0.1) is 0 Å². The van der Waals surface area contributed by atoms with Crippen molar-refractivity contribution in [2.45, 2.75) is 6.92 Å². The maximum absolute atomic E-state index is 5.78. The van der Waals surface area contributed by atoms with Gasteiger partial charge in [-0.1, -0.05) is 23.2 Å². The molecule has 0 fully saturated rings. The summed E-state index contributed by atoms with van der Waals surface area (Å²) in [5.74, 6) is 0. The largest absolute Gasteiger partial charge is 0.326 e. The molecule has 0 amide bonds. The minimum Gasteiger partial charge on any atom is -0.326 e. The van der Waals surface area contributed by atoms with Gasteiger partial charge in [-0.25, -0.2) is 0 Å². The van der Waals surface area contributed by atoms with Crippen LogP contribution >= 0.6 is 23.2 Å². The van der Waals surface area contributed by atoms with Crippen LogP contribution in [0.1, 0.15) is 5.56 Å². The number of aryl methyl sites for hydroxylation is 1. The summed E-state index contributed by atoms with van der Waals surface area (Å²) < 4.78 is 1.73. The molecule has 0 unspecified atom stereocenters. The second-order valence-corrected chi connectivity index (χ2v) is 2.75. The van der Waals surface area contributed by atoms with E-state index in [4.69, 9.17) is 23.2 Å². The Kier molecular flexibility index (Phi) is 1.73. The van der Waals surface area contributed by atoms with E-state index in [0.717, 1.165) is 5.56 Å². The summed E-state index contributed by atoms with van der Waals surface area (Å²) in [4.78, 5) is 0. The van der Waals surface area contributed by atoms with Crippen LogP contribution in [0.25, 0.3) is 0 Å².